The number of carbonyl (C=O) groups excluding carboxylic acids is 2. The highest BCUT2D eigenvalue weighted by Crippen LogP contribution is 2.24. The van der Waals surface area contributed by atoms with E-state index in [-0.39, 0.29) is 30.3 Å². The zero-order valence-electron chi connectivity index (χ0n) is 18.2. The Morgan fingerprint density at radius 2 is 2.22 bits per heavy atom. The van der Waals surface area contributed by atoms with Crippen LogP contribution in [0.2, 0.25) is 0 Å². The second-order valence-corrected chi connectivity index (χ2v) is 8.34. The molecular formula is C23H28FN5O3. The number of nitrogens with zero attached hydrogens (tertiary/aromatic N) is 2. The van der Waals surface area contributed by atoms with Crippen molar-refractivity contribution in [1.29, 1.82) is 0 Å². The van der Waals surface area contributed by atoms with Crippen LogP contribution in [-0.2, 0) is 35.4 Å². The van der Waals surface area contributed by atoms with Gasteiger partial charge < -0.3 is 25.3 Å². The highest BCUT2D eigenvalue weighted by molar-refractivity contribution is 5.89. The Morgan fingerprint density at radius 3 is 2.97 bits per heavy atom. The molecule has 3 aromatic rings. The quantitative estimate of drug-likeness (QED) is 0.445. The fourth-order valence-corrected chi connectivity index (χ4v) is 4.58. The predicted octanol–water partition coefficient (Wildman–Crippen LogP) is 1.53. The SMILES string of the molecule is CC(=O)NC(Cc1c[nH]c2cc(F)ccc12)C(=O)NC1CCc2c(nc(C)n2CCO)C1. The molecule has 32 heavy (non-hydrogen) atoms. The Morgan fingerprint density at radius 1 is 1.41 bits per heavy atom. The van der Waals surface area contributed by atoms with E-state index < -0.39 is 6.04 Å². The molecule has 0 aliphatic heterocycles. The average Bonchev–Trinajstić information content (AvgIpc) is 3.27. The summed E-state index contributed by atoms with van der Waals surface area (Å²) in [5.74, 6) is -0.0183. The fourth-order valence-electron chi connectivity index (χ4n) is 4.58. The molecule has 0 bridgehead atoms. The lowest BCUT2D eigenvalue weighted by molar-refractivity contribution is -0.128. The van der Waals surface area contributed by atoms with Crippen LogP contribution < -0.4 is 10.6 Å². The van der Waals surface area contributed by atoms with Gasteiger partial charge in [-0.25, -0.2) is 9.37 Å². The minimum atomic E-state index is -0.744. The molecular weight excluding hydrogens is 413 g/mol. The van der Waals surface area contributed by atoms with Gasteiger partial charge in [0.1, 0.15) is 17.7 Å². The predicted molar refractivity (Wildman–Crippen MR) is 118 cm³/mol. The first-order chi connectivity index (χ1) is 15.4. The van der Waals surface area contributed by atoms with Gasteiger partial charge in [0.15, 0.2) is 0 Å². The minimum absolute atomic E-state index is 0.0582. The van der Waals surface area contributed by atoms with Crippen molar-refractivity contribution in [2.45, 2.75) is 58.2 Å². The van der Waals surface area contributed by atoms with Gasteiger partial charge in [0.05, 0.1) is 12.3 Å². The molecule has 1 aliphatic rings. The van der Waals surface area contributed by atoms with Crippen LogP contribution in [0.3, 0.4) is 0 Å². The van der Waals surface area contributed by atoms with Crippen molar-refractivity contribution in [3.63, 3.8) is 0 Å². The number of aryl methyl sites for hydroxylation is 1. The molecule has 8 nitrogen and oxygen atoms in total. The largest absolute Gasteiger partial charge is 0.395 e. The topological polar surface area (TPSA) is 112 Å². The lowest BCUT2D eigenvalue weighted by Gasteiger charge is -2.26. The number of nitrogens with one attached hydrogen (secondary N) is 3. The summed E-state index contributed by atoms with van der Waals surface area (Å²) in [6.45, 7) is 3.88. The summed E-state index contributed by atoms with van der Waals surface area (Å²) >= 11 is 0. The van der Waals surface area contributed by atoms with Crippen molar-refractivity contribution in [3.05, 3.63) is 53.0 Å². The molecule has 2 heterocycles. The molecule has 2 atom stereocenters. The molecule has 0 saturated carbocycles. The molecule has 0 saturated heterocycles. The number of hydrogen-bond donors (Lipinski definition) is 4. The van der Waals surface area contributed by atoms with E-state index in [0.717, 1.165) is 41.0 Å². The van der Waals surface area contributed by atoms with Crippen molar-refractivity contribution in [3.8, 4) is 0 Å². The molecule has 170 valence electrons. The van der Waals surface area contributed by atoms with Crippen LogP contribution in [0.25, 0.3) is 10.9 Å². The van der Waals surface area contributed by atoms with Gasteiger partial charge in [0, 0.05) is 55.1 Å². The number of halogens is 1. The van der Waals surface area contributed by atoms with E-state index in [2.05, 4.69) is 20.6 Å². The van der Waals surface area contributed by atoms with Crippen molar-refractivity contribution in [1.82, 2.24) is 25.2 Å². The van der Waals surface area contributed by atoms with E-state index in [1.54, 1.807) is 12.3 Å². The number of aromatic nitrogens is 3. The van der Waals surface area contributed by atoms with Crippen LogP contribution >= 0.6 is 0 Å². The van der Waals surface area contributed by atoms with Gasteiger partial charge in [0.25, 0.3) is 0 Å². The first-order valence-electron chi connectivity index (χ1n) is 10.8. The lowest BCUT2D eigenvalue weighted by Crippen LogP contribution is -2.51. The number of aromatic amines is 1. The number of imidazole rings is 1. The second kappa shape index (κ2) is 9.12. The zero-order chi connectivity index (χ0) is 22.8. The van der Waals surface area contributed by atoms with Crippen LogP contribution in [0.4, 0.5) is 4.39 Å². The van der Waals surface area contributed by atoms with E-state index in [9.17, 15) is 19.1 Å². The second-order valence-electron chi connectivity index (χ2n) is 8.34. The molecule has 4 rings (SSSR count). The van der Waals surface area contributed by atoms with E-state index in [0.29, 0.717) is 24.9 Å². The van der Waals surface area contributed by atoms with Gasteiger partial charge in [-0.15, -0.1) is 0 Å². The van der Waals surface area contributed by atoms with Gasteiger partial charge in [-0.2, -0.15) is 0 Å². The molecule has 0 radical (unpaired) electrons. The molecule has 2 amide bonds. The first-order valence-corrected chi connectivity index (χ1v) is 10.8. The van der Waals surface area contributed by atoms with E-state index in [4.69, 9.17) is 0 Å². The molecule has 0 spiro atoms. The summed E-state index contributed by atoms with van der Waals surface area (Å²) in [6, 6.07) is 3.63. The Hall–Kier alpha value is -3.20. The van der Waals surface area contributed by atoms with E-state index in [1.165, 1.54) is 19.1 Å². The smallest absolute Gasteiger partial charge is 0.243 e. The molecule has 2 unspecified atom stereocenters. The summed E-state index contributed by atoms with van der Waals surface area (Å²) in [5, 5.41) is 15.9. The summed E-state index contributed by atoms with van der Waals surface area (Å²) in [7, 11) is 0. The number of hydrogen-bond acceptors (Lipinski definition) is 4. The van der Waals surface area contributed by atoms with Gasteiger partial charge in [-0.1, -0.05) is 0 Å². The van der Waals surface area contributed by atoms with Gasteiger partial charge in [-0.05, 0) is 43.5 Å². The molecule has 9 heteroatoms. The normalized spacial score (nSPS) is 16.6. The molecule has 1 aromatic carbocycles. The monoisotopic (exact) mass is 441 g/mol. The summed E-state index contributed by atoms with van der Waals surface area (Å²) < 4.78 is 15.5. The van der Waals surface area contributed by atoms with E-state index in [1.807, 2.05) is 11.5 Å². The highest BCUT2D eigenvalue weighted by Gasteiger charge is 2.28. The molecule has 2 aromatic heterocycles. The summed E-state index contributed by atoms with van der Waals surface area (Å²) in [5.41, 5.74) is 3.54. The minimum Gasteiger partial charge on any atom is -0.395 e. The third-order valence-corrected chi connectivity index (χ3v) is 6.03. The number of benzene rings is 1. The van der Waals surface area contributed by atoms with Crippen LogP contribution in [-0.4, -0.2) is 50.1 Å². The number of fused-ring (bicyclic) bond motifs is 2. The number of amides is 2. The van der Waals surface area contributed by atoms with Gasteiger partial charge in [0.2, 0.25) is 11.8 Å². The Bertz CT molecular complexity index is 1150. The lowest BCUT2D eigenvalue weighted by atomic mass is 9.95. The van der Waals surface area contributed by atoms with Crippen molar-refractivity contribution in [2.75, 3.05) is 6.61 Å². The average molecular weight is 442 g/mol. The highest BCUT2D eigenvalue weighted by atomic mass is 19.1. The maximum atomic E-state index is 13.5. The first kappa shape index (κ1) is 22.0. The maximum Gasteiger partial charge on any atom is 0.243 e. The standard InChI is InChI=1S/C23H28FN5O3/c1-13-26-20-11-17(4-6-22(20)29(13)7-8-30)28-23(32)21(27-14(2)31)9-15-12-25-19-10-16(24)3-5-18(15)19/h3,5,10,12,17,21,25,30H,4,6-9,11H2,1-2H3,(H,27,31)(H,28,32). The van der Waals surface area contributed by atoms with Crippen molar-refractivity contribution in [2.24, 2.45) is 0 Å². The molecule has 0 fully saturated rings. The van der Waals surface area contributed by atoms with Crippen molar-refractivity contribution < 1.29 is 19.1 Å². The fraction of sp³-hybridized carbons (Fsp3) is 0.435. The van der Waals surface area contributed by atoms with Crippen LogP contribution in [0.1, 0.15) is 36.1 Å². The number of H-pyrrole nitrogens is 1. The third-order valence-electron chi connectivity index (χ3n) is 6.03. The Kier molecular flexibility index (Phi) is 6.27. The number of carbonyl (C=O) groups is 2. The van der Waals surface area contributed by atoms with Crippen LogP contribution in [0.5, 0.6) is 0 Å². The van der Waals surface area contributed by atoms with Crippen molar-refractivity contribution >= 4 is 22.7 Å². The van der Waals surface area contributed by atoms with Gasteiger partial charge >= 0.3 is 0 Å². The number of aliphatic hydroxyl groups is 1. The molecule has 4 N–H and O–H groups in total. The summed E-state index contributed by atoms with van der Waals surface area (Å²) in [6.07, 6.45) is 4.17. The van der Waals surface area contributed by atoms with Crippen LogP contribution in [0, 0.1) is 12.7 Å². The zero-order valence-corrected chi connectivity index (χ0v) is 18.2. The Balaban J connectivity index is 1.47. The summed E-state index contributed by atoms with van der Waals surface area (Å²) in [4.78, 5) is 32.5. The number of rotatable bonds is 7. The number of aliphatic hydroxyl groups excluding tert-OH is 1. The van der Waals surface area contributed by atoms with E-state index >= 15 is 0 Å². The van der Waals surface area contributed by atoms with Crippen LogP contribution in [0.15, 0.2) is 24.4 Å². The maximum absolute atomic E-state index is 13.5. The van der Waals surface area contributed by atoms with Gasteiger partial charge in [-0.3, -0.25) is 9.59 Å². The third kappa shape index (κ3) is 4.52. The molecule has 1 aliphatic carbocycles. The Labute approximate surface area is 185 Å².